The fourth-order valence-corrected chi connectivity index (χ4v) is 1.24. The van der Waals surface area contributed by atoms with Gasteiger partial charge >= 0.3 is 0 Å². The minimum atomic E-state index is -0.938. The fourth-order valence-electron chi connectivity index (χ4n) is 1.24. The summed E-state index contributed by atoms with van der Waals surface area (Å²) in [4.78, 5) is 10.5. The van der Waals surface area contributed by atoms with Crippen molar-refractivity contribution in [1.82, 2.24) is 0 Å². The van der Waals surface area contributed by atoms with E-state index >= 15 is 0 Å². The molecule has 1 aliphatic carbocycles. The first kappa shape index (κ1) is 8.97. The lowest BCUT2D eigenvalue weighted by Gasteiger charge is -2.20. The van der Waals surface area contributed by atoms with E-state index in [9.17, 15) is 10.1 Å². The number of rotatable bonds is 2. The summed E-state index contributed by atoms with van der Waals surface area (Å²) in [7, 11) is 0. The fraction of sp³-hybridized carbons (Fsp3) is 0.556. The number of nitro groups is 1. The number of hydrogen-bond acceptors (Lipinski definition) is 2. The van der Waals surface area contributed by atoms with Crippen LogP contribution >= 0.6 is 0 Å². The molecule has 0 radical (unpaired) electrons. The minimum absolute atomic E-state index is 0.230. The molecule has 0 bridgehead atoms. The molecule has 0 aromatic carbocycles. The van der Waals surface area contributed by atoms with Crippen LogP contribution in [0.4, 0.5) is 0 Å². The Bertz CT molecular complexity index is 229. The summed E-state index contributed by atoms with van der Waals surface area (Å²) in [5.41, 5.74) is -0.938. The van der Waals surface area contributed by atoms with E-state index in [1.807, 2.05) is 26.0 Å². The number of nitrogens with zero attached hydrogens (tertiary/aromatic N) is 1. The summed E-state index contributed by atoms with van der Waals surface area (Å²) in [6, 6.07) is 0. The van der Waals surface area contributed by atoms with E-state index in [1.54, 1.807) is 12.2 Å². The molecule has 0 atom stereocenters. The Morgan fingerprint density at radius 1 is 1.50 bits per heavy atom. The maximum atomic E-state index is 10.7. The quantitative estimate of drug-likeness (QED) is 0.359. The lowest BCUT2D eigenvalue weighted by Crippen LogP contribution is -2.34. The Labute approximate surface area is 71.9 Å². The van der Waals surface area contributed by atoms with Gasteiger partial charge in [-0.1, -0.05) is 26.0 Å². The van der Waals surface area contributed by atoms with Crippen molar-refractivity contribution in [2.75, 3.05) is 0 Å². The van der Waals surface area contributed by atoms with Crippen LogP contribution in [0.2, 0.25) is 0 Å². The highest BCUT2D eigenvalue weighted by atomic mass is 16.6. The van der Waals surface area contributed by atoms with Gasteiger partial charge in [-0.2, -0.15) is 0 Å². The van der Waals surface area contributed by atoms with Crippen molar-refractivity contribution in [1.29, 1.82) is 0 Å². The van der Waals surface area contributed by atoms with Gasteiger partial charge in [0.25, 0.3) is 5.54 Å². The molecule has 0 heterocycles. The normalized spacial score (nSPS) is 33.7. The molecule has 0 saturated heterocycles. The van der Waals surface area contributed by atoms with E-state index in [1.165, 1.54) is 0 Å². The summed E-state index contributed by atoms with van der Waals surface area (Å²) in [5.74, 6) is 0.324. The van der Waals surface area contributed by atoms with E-state index in [4.69, 9.17) is 0 Å². The predicted octanol–water partition coefficient (Wildman–Crippen LogP) is 2.17. The summed E-state index contributed by atoms with van der Waals surface area (Å²) in [5, 5.41) is 10.7. The second-order valence-electron chi connectivity index (χ2n) is 3.18. The van der Waals surface area contributed by atoms with Crippen LogP contribution in [0.3, 0.4) is 0 Å². The molecule has 0 saturated carbocycles. The van der Waals surface area contributed by atoms with Gasteiger partial charge in [0.05, 0.1) is 0 Å². The van der Waals surface area contributed by atoms with Gasteiger partial charge in [-0.15, -0.1) is 0 Å². The van der Waals surface area contributed by atoms with Crippen LogP contribution in [0.5, 0.6) is 0 Å². The smallest absolute Gasteiger partial charge is 0.258 e. The largest absolute Gasteiger partial charge is 0.263 e. The molecule has 1 rings (SSSR count). The van der Waals surface area contributed by atoms with Crippen molar-refractivity contribution in [3.05, 3.63) is 34.4 Å². The summed E-state index contributed by atoms with van der Waals surface area (Å²) < 4.78 is 0. The third-order valence-corrected chi connectivity index (χ3v) is 2.28. The Kier molecular flexibility index (Phi) is 2.31. The van der Waals surface area contributed by atoms with Crippen molar-refractivity contribution in [2.24, 2.45) is 5.92 Å². The minimum Gasteiger partial charge on any atom is -0.263 e. The maximum absolute atomic E-state index is 10.7. The molecule has 0 spiro atoms. The third kappa shape index (κ3) is 1.40. The van der Waals surface area contributed by atoms with Gasteiger partial charge < -0.3 is 0 Å². The zero-order chi connectivity index (χ0) is 9.19. The van der Waals surface area contributed by atoms with E-state index in [-0.39, 0.29) is 4.92 Å². The van der Waals surface area contributed by atoms with Gasteiger partial charge in [0.1, 0.15) is 0 Å². The molecule has 0 fully saturated rings. The van der Waals surface area contributed by atoms with E-state index < -0.39 is 5.54 Å². The topological polar surface area (TPSA) is 43.1 Å². The SMILES string of the molecule is CCC1([N+](=O)[O-])C=CC(C)C=C1. The average molecular weight is 167 g/mol. The first-order valence-electron chi connectivity index (χ1n) is 4.14. The van der Waals surface area contributed by atoms with Gasteiger partial charge in [0.15, 0.2) is 0 Å². The van der Waals surface area contributed by atoms with Gasteiger partial charge in [0.2, 0.25) is 0 Å². The monoisotopic (exact) mass is 167 g/mol. The second kappa shape index (κ2) is 3.09. The van der Waals surface area contributed by atoms with Gasteiger partial charge in [-0.05, 0) is 18.1 Å². The van der Waals surface area contributed by atoms with Crippen molar-refractivity contribution in [3.63, 3.8) is 0 Å². The molecule has 3 heteroatoms. The molecule has 0 aromatic rings. The molecular weight excluding hydrogens is 154 g/mol. The van der Waals surface area contributed by atoms with Crippen LogP contribution in [0.25, 0.3) is 0 Å². The van der Waals surface area contributed by atoms with Crippen LogP contribution in [0.1, 0.15) is 20.3 Å². The van der Waals surface area contributed by atoms with E-state index in [0.717, 1.165) is 0 Å². The van der Waals surface area contributed by atoms with Crippen molar-refractivity contribution >= 4 is 0 Å². The van der Waals surface area contributed by atoms with E-state index in [0.29, 0.717) is 12.3 Å². The van der Waals surface area contributed by atoms with Crippen LogP contribution in [0, 0.1) is 16.0 Å². The molecule has 0 aliphatic heterocycles. The molecule has 0 amide bonds. The zero-order valence-corrected chi connectivity index (χ0v) is 7.36. The van der Waals surface area contributed by atoms with Crippen molar-refractivity contribution < 1.29 is 4.92 Å². The lowest BCUT2D eigenvalue weighted by atomic mass is 9.89. The Morgan fingerprint density at radius 3 is 2.33 bits per heavy atom. The second-order valence-corrected chi connectivity index (χ2v) is 3.18. The highest BCUT2D eigenvalue weighted by molar-refractivity contribution is 5.21. The summed E-state index contributed by atoms with van der Waals surface area (Å²) in [6.45, 7) is 3.83. The first-order valence-corrected chi connectivity index (χ1v) is 4.14. The summed E-state index contributed by atoms with van der Waals surface area (Å²) >= 11 is 0. The highest BCUT2D eigenvalue weighted by Gasteiger charge is 2.36. The van der Waals surface area contributed by atoms with Gasteiger partial charge in [0, 0.05) is 11.3 Å². The van der Waals surface area contributed by atoms with Crippen molar-refractivity contribution in [2.45, 2.75) is 25.8 Å². The first-order chi connectivity index (χ1) is 5.60. The third-order valence-electron chi connectivity index (χ3n) is 2.28. The molecule has 3 nitrogen and oxygen atoms in total. The molecule has 12 heavy (non-hydrogen) atoms. The Hall–Kier alpha value is -1.12. The zero-order valence-electron chi connectivity index (χ0n) is 7.36. The molecule has 66 valence electrons. The average Bonchev–Trinajstić information content (AvgIpc) is 2.06. The van der Waals surface area contributed by atoms with Crippen LogP contribution in [-0.2, 0) is 0 Å². The highest BCUT2D eigenvalue weighted by Crippen LogP contribution is 2.24. The maximum Gasteiger partial charge on any atom is 0.258 e. The standard InChI is InChI=1S/C9H13NO2/c1-3-9(10(11)12)6-4-8(2)5-7-9/h4-8H,3H2,1-2H3. The van der Waals surface area contributed by atoms with Crippen LogP contribution in [-0.4, -0.2) is 10.5 Å². The Balaban J connectivity index is 2.91. The van der Waals surface area contributed by atoms with Crippen LogP contribution in [0.15, 0.2) is 24.3 Å². The van der Waals surface area contributed by atoms with Crippen LogP contribution < -0.4 is 0 Å². The predicted molar refractivity (Wildman–Crippen MR) is 47.5 cm³/mol. The van der Waals surface area contributed by atoms with Gasteiger partial charge in [-0.25, -0.2) is 0 Å². The molecule has 1 aliphatic rings. The molecular formula is C9H13NO2. The van der Waals surface area contributed by atoms with Crippen molar-refractivity contribution in [3.8, 4) is 0 Å². The van der Waals surface area contributed by atoms with Gasteiger partial charge in [-0.3, -0.25) is 10.1 Å². The Morgan fingerprint density at radius 2 is 2.00 bits per heavy atom. The molecule has 0 aromatic heterocycles. The summed E-state index contributed by atoms with van der Waals surface area (Å²) in [6.07, 6.45) is 7.66. The number of allylic oxidation sites excluding steroid dienone is 2. The van der Waals surface area contributed by atoms with E-state index in [2.05, 4.69) is 0 Å². The molecule has 0 unspecified atom stereocenters. The molecule has 0 N–H and O–H groups in total. The lowest BCUT2D eigenvalue weighted by molar-refractivity contribution is -0.541. The number of hydrogen-bond donors (Lipinski definition) is 0.